The van der Waals surface area contributed by atoms with E-state index in [-0.39, 0.29) is 0 Å². The van der Waals surface area contributed by atoms with Crippen LogP contribution in [0.3, 0.4) is 0 Å². The number of nitrogens with one attached hydrogen (secondary N) is 2. The van der Waals surface area contributed by atoms with Gasteiger partial charge >= 0.3 is 0 Å². The van der Waals surface area contributed by atoms with Gasteiger partial charge in [0.25, 0.3) is 11.7 Å². The van der Waals surface area contributed by atoms with Gasteiger partial charge in [0.05, 0.1) is 12.7 Å². The summed E-state index contributed by atoms with van der Waals surface area (Å²) in [5.74, 6) is 0.420. The molecule has 0 saturated heterocycles. The van der Waals surface area contributed by atoms with Gasteiger partial charge in [-0.1, -0.05) is 24.3 Å². The number of fused-ring (bicyclic) bond motifs is 3. The number of ether oxygens (including phenoxy) is 1. The van der Waals surface area contributed by atoms with Crippen molar-refractivity contribution < 1.29 is 14.3 Å². The number of pyridine rings is 1. The van der Waals surface area contributed by atoms with Crippen LogP contribution in [0.25, 0.3) is 10.8 Å². The smallest absolute Gasteiger partial charge is 0.298 e. The van der Waals surface area contributed by atoms with Gasteiger partial charge in [0.1, 0.15) is 17.4 Å². The van der Waals surface area contributed by atoms with Crippen LogP contribution < -0.4 is 15.4 Å². The number of nitrogens with zero attached hydrogens (tertiary/aromatic N) is 1. The van der Waals surface area contributed by atoms with Crippen LogP contribution in [-0.4, -0.2) is 23.8 Å². The highest BCUT2D eigenvalue weighted by atomic mass is 16.5. The second kappa shape index (κ2) is 5.34. The minimum absolute atomic E-state index is 0.291. The van der Waals surface area contributed by atoms with Crippen molar-refractivity contribution in [3.8, 4) is 5.75 Å². The van der Waals surface area contributed by atoms with Crippen molar-refractivity contribution in [2.75, 3.05) is 17.7 Å². The highest BCUT2D eigenvalue weighted by molar-refractivity contribution is 6.53. The Labute approximate surface area is 137 Å². The van der Waals surface area contributed by atoms with Crippen molar-refractivity contribution in [3.63, 3.8) is 0 Å². The van der Waals surface area contributed by atoms with E-state index < -0.39 is 11.7 Å². The van der Waals surface area contributed by atoms with Gasteiger partial charge < -0.3 is 15.4 Å². The van der Waals surface area contributed by atoms with Crippen molar-refractivity contribution in [2.45, 2.75) is 0 Å². The molecule has 1 aromatic heterocycles. The number of benzene rings is 2. The number of ketones is 1. The maximum Gasteiger partial charge on any atom is 0.298 e. The van der Waals surface area contributed by atoms with Crippen molar-refractivity contribution in [3.05, 3.63) is 54.1 Å². The summed E-state index contributed by atoms with van der Waals surface area (Å²) in [5, 5.41) is 7.22. The van der Waals surface area contributed by atoms with E-state index in [1.165, 1.54) is 0 Å². The molecule has 0 radical (unpaired) electrons. The largest absolute Gasteiger partial charge is 0.497 e. The van der Waals surface area contributed by atoms with Gasteiger partial charge in [0, 0.05) is 16.5 Å². The first kappa shape index (κ1) is 14.2. The van der Waals surface area contributed by atoms with E-state index in [9.17, 15) is 9.59 Å². The first-order valence-corrected chi connectivity index (χ1v) is 7.37. The van der Waals surface area contributed by atoms with Gasteiger partial charge in [-0.25, -0.2) is 4.98 Å². The highest BCUT2D eigenvalue weighted by Gasteiger charge is 2.32. The van der Waals surface area contributed by atoms with Crippen LogP contribution >= 0.6 is 0 Å². The first-order valence-electron chi connectivity index (χ1n) is 7.37. The SMILES string of the molecule is COc1ccc(Nc2nc3c(c4ccccc24)C(=O)C(=O)N3)cc1. The average Bonchev–Trinajstić information content (AvgIpc) is 2.90. The zero-order valence-electron chi connectivity index (χ0n) is 12.8. The Balaban J connectivity index is 1.84. The number of methoxy groups -OCH3 is 1. The molecule has 0 fully saturated rings. The van der Waals surface area contributed by atoms with Crippen LogP contribution in [0.4, 0.5) is 17.3 Å². The predicted octanol–water partition coefficient (Wildman–Crippen LogP) is 3.12. The molecule has 1 amide bonds. The fourth-order valence-electron chi connectivity index (χ4n) is 2.77. The normalized spacial score (nSPS) is 12.9. The van der Waals surface area contributed by atoms with E-state index in [4.69, 9.17) is 4.74 Å². The molecule has 24 heavy (non-hydrogen) atoms. The number of rotatable bonds is 3. The van der Waals surface area contributed by atoms with Crippen LogP contribution in [0.5, 0.6) is 5.75 Å². The number of anilines is 3. The molecule has 3 aromatic rings. The second-order valence-corrected chi connectivity index (χ2v) is 5.37. The molecule has 0 spiro atoms. The van der Waals surface area contributed by atoms with Gasteiger partial charge in [-0.3, -0.25) is 9.59 Å². The molecular formula is C18H13N3O3. The van der Waals surface area contributed by atoms with Gasteiger partial charge in [-0.2, -0.15) is 0 Å². The minimum Gasteiger partial charge on any atom is -0.497 e. The molecule has 2 heterocycles. The van der Waals surface area contributed by atoms with Crippen LogP contribution in [0, 0.1) is 0 Å². The van der Waals surface area contributed by atoms with E-state index >= 15 is 0 Å². The molecule has 0 atom stereocenters. The summed E-state index contributed by atoms with van der Waals surface area (Å²) in [4.78, 5) is 28.2. The maximum atomic E-state index is 12.1. The van der Waals surface area contributed by atoms with E-state index in [0.717, 1.165) is 16.8 Å². The molecule has 4 rings (SSSR count). The lowest BCUT2D eigenvalue weighted by atomic mass is 10.0. The van der Waals surface area contributed by atoms with Gasteiger partial charge in [0.15, 0.2) is 0 Å². The lowest BCUT2D eigenvalue weighted by Gasteiger charge is -2.12. The number of aromatic nitrogens is 1. The fraction of sp³-hybridized carbons (Fsp3) is 0.0556. The van der Waals surface area contributed by atoms with E-state index in [1.807, 2.05) is 48.5 Å². The number of Topliss-reactive ketones (excluding diaryl/α,β-unsaturated/α-hetero) is 1. The zero-order chi connectivity index (χ0) is 16.7. The van der Waals surface area contributed by atoms with Crippen molar-refractivity contribution >= 4 is 39.8 Å². The molecular weight excluding hydrogens is 306 g/mol. The lowest BCUT2D eigenvalue weighted by molar-refractivity contribution is -0.112. The van der Waals surface area contributed by atoms with Crippen LogP contribution in [-0.2, 0) is 4.79 Å². The Bertz CT molecular complexity index is 981. The third-order valence-electron chi connectivity index (χ3n) is 3.93. The Kier molecular flexibility index (Phi) is 3.16. The number of amides is 1. The number of carbonyl (C=O) groups excluding carboxylic acids is 2. The molecule has 0 aliphatic carbocycles. The molecule has 2 aromatic carbocycles. The number of hydrogen-bond donors (Lipinski definition) is 2. The van der Waals surface area contributed by atoms with Crippen molar-refractivity contribution in [1.82, 2.24) is 4.98 Å². The van der Waals surface area contributed by atoms with Crippen LogP contribution in [0.2, 0.25) is 0 Å². The van der Waals surface area contributed by atoms with E-state index in [2.05, 4.69) is 15.6 Å². The summed E-state index contributed by atoms with van der Waals surface area (Å²) in [6.07, 6.45) is 0. The second-order valence-electron chi connectivity index (χ2n) is 5.37. The molecule has 118 valence electrons. The molecule has 2 N–H and O–H groups in total. The van der Waals surface area contributed by atoms with Gasteiger partial charge in [-0.15, -0.1) is 0 Å². The Morgan fingerprint density at radius 2 is 1.71 bits per heavy atom. The Morgan fingerprint density at radius 3 is 2.42 bits per heavy atom. The summed E-state index contributed by atoms with van der Waals surface area (Å²) in [5.41, 5.74) is 1.15. The van der Waals surface area contributed by atoms with E-state index in [0.29, 0.717) is 22.6 Å². The molecule has 6 nitrogen and oxygen atoms in total. The third-order valence-corrected chi connectivity index (χ3v) is 3.93. The minimum atomic E-state index is -0.649. The lowest BCUT2D eigenvalue weighted by Crippen LogP contribution is -2.12. The zero-order valence-corrected chi connectivity index (χ0v) is 12.8. The third kappa shape index (κ3) is 2.16. The van der Waals surface area contributed by atoms with Crippen LogP contribution in [0.15, 0.2) is 48.5 Å². The van der Waals surface area contributed by atoms with Crippen molar-refractivity contribution in [2.24, 2.45) is 0 Å². The molecule has 1 aliphatic rings. The average molecular weight is 319 g/mol. The van der Waals surface area contributed by atoms with Crippen LogP contribution in [0.1, 0.15) is 10.4 Å². The highest BCUT2D eigenvalue weighted by Crippen LogP contribution is 2.34. The summed E-state index contributed by atoms with van der Waals surface area (Å²) < 4.78 is 5.15. The standard InChI is InChI=1S/C18H13N3O3/c1-24-11-8-6-10(7-9-11)19-16-13-5-3-2-4-12(13)14-15(22)18(23)21-17(14)20-16/h2-9H,1H3,(H2,19,20,21,22,23). The maximum absolute atomic E-state index is 12.1. The summed E-state index contributed by atoms with van der Waals surface area (Å²) in [7, 11) is 1.61. The molecule has 0 unspecified atom stereocenters. The quantitative estimate of drug-likeness (QED) is 0.725. The van der Waals surface area contributed by atoms with E-state index in [1.54, 1.807) is 7.11 Å². The summed E-state index contributed by atoms with van der Waals surface area (Å²) in [6.45, 7) is 0. The van der Waals surface area contributed by atoms with Crippen molar-refractivity contribution in [1.29, 1.82) is 0 Å². The summed E-state index contributed by atoms with van der Waals surface area (Å²) in [6, 6.07) is 14.8. The monoisotopic (exact) mass is 319 g/mol. The Hall–Kier alpha value is -3.41. The molecule has 6 heteroatoms. The predicted molar refractivity (Wildman–Crippen MR) is 91.0 cm³/mol. The molecule has 0 bridgehead atoms. The topological polar surface area (TPSA) is 80.3 Å². The first-order chi connectivity index (χ1) is 11.7. The Morgan fingerprint density at radius 1 is 1.00 bits per heavy atom. The van der Waals surface area contributed by atoms with Gasteiger partial charge in [-0.05, 0) is 24.3 Å². The van der Waals surface area contributed by atoms with Gasteiger partial charge in [0.2, 0.25) is 0 Å². The number of hydrogen-bond acceptors (Lipinski definition) is 5. The summed E-state index contributed by atoms with van der Waals surface area (Å²) >= 11 is 0. The molecule has 0 saturated carbocycles. The number of carbonyl (C=O) groups is 2. The fourth-order valence-corrected chi connectivity index (χ4v) is 2.77. The molecule has 1 aliphatic heterocycles.